The summed E-state index contributed by atoms with van der Waals surface area (Å²) in [5.74, 6) is 2.55. The first-order valence-electron chi connectivity index (χ1n) is 10.3. The van der Waals surface area contributed by atoms with Crippen molar-refractivity contribution in [2.24, 2.45) is 0 Å². The van der Waals surface area contributed by atoms with E-state index < -0.39 is 0 Å². The molecule has 0 radical (unpaired) electrons. The molecule has 160 valence electrons. The van der Waals surface area contributed by atoms with Crippen molar-refractivity contribution in [2.45, 2.75) is 19.3 Å². The van der Waals surface area contributed by atoms with Gasteiger partial charge in [-0.25, -0.2) is 0 Å². The standard InChI is InChI=1S/C22H24N6O3/c1-14-21-16(15-5-3-4-6-17(15)30-2)13-20(29)23-22(21)28(26-14)19-8-7-18(24-25-19)27-9-11-31-12-10-27/h3-8,16H,9-13H2,1-2H3,(H,23,29)/t16-/m1/s1. The third-order valence-electron chi connectivity index (χ3n) is 5.81. The molecule has 0 bridgehead atoms. The summed E-state index contributed by atoms with van der Waals surface area (Å²) in [5.41, 5.74) is 2.78. The lowest BCUT2D eigenvalue weighted by Gasteiger charge is -2.27. The highest BCUT2D eigenvalue weighted by atomic mass is 16.5. The van der Waals surface area contributed by atoms with Crippen LogP contribution in [0.4, 0.5) is 11.6 Å². The van der Waals surface area contributed by atoms with Crippen LogP contribution in [-0.2, 0) is 9.53 Å². The number of nitrogens with zero attached hydrogens (tertiary/aromatic N) is 5. The minimum absolute atomic E-state index is 0.0672. The van der Waals surface area contributed by atoms with Gasteiger partial charge in [0.25, 0.3) is 0 Å². The van der Waals surface area contributed by atoms with Crippen LogP contribution in [0.2, 0.25) is 0 Å². The Kier molecular flexibility index (Phi) is 5.03. The van der Waals surface area contributed by atoms with Gasteiger partial charge in [-0.1, -0.05) is 18.2 Å². The third kappa shape index (κ3) is 3.50. The lowest BCUT2D eigenvalue weighted by molar-refractivity contribution is -0.116. The van der Waals surface area contributed by atoms with Crippen LogP contribution in [0.15, 0.2) is 36.4 Å². The predicted octanol–water partition coefficient (Wildman–Crippen LogP) is 2.29. The Balaban J connectivity index is 1.53. The van der Waals surface area contributed by atoms with Gasteiger partial charge in [0.05, 0.1) is 26.0 Å². The zero-order valence-electron chi connectivity index (χ0n) is 17.5. The van der Waals surface area contributed by atoms with Gasteiger partial charge >= 0.3 is 0 Å². The van der Waals surface area contributed by atoms with Gasteiger partial charge < -0.3 is 19.7 Å². The van der Waals surface area contributed by atoms with Crippen LogP contribution in [0.25, 0.3) is 5.82 Å². The maximum atomic E-state index is 12.6. The summed E-state index contributed by atoms with van der Waals surface area (Å²) in [6.07, 6.45) is 0.335. The number of fused-ring (bicyclic) bond motifs is 1. The average Bonchev–Trinajstić information content (AvgIpc) is 3.15. The Labute approximate surface area is 180 Å². The summed E-state index contributed by atoms with van der Waals surface area (Å²) >= 11 is 0. The number of amides is 1. The zero-order chi connectivity index (χ0) is 21.4. The number of ether oxygens (including phenoxy) is 2. The molecule has 2 aliphatic heterocycles. The molecule has 31 heavy (non-hydrogen) atoms. The highest BCUT2D eigenvalue weighted by Gasteiger charge is 2.34. The molecule has 4 heterocycles. The van der Waals surface area contributed by atoms with Crippen LogP contribution < -0.4 is 15.0 Å². The van der Waals surface area contributed by atoms with Crippen molar-refractivity contribution in [1.29, 1.82) is 0 Å². The maximum absolute atomic E-state index is 12.6. The van der Waals surface area contributed by atoms with Gasteiger partial charge in [-0.05, 0) is 25.1 Å². The molecule has 9 nitrogen and oxygen atoms in total. The molecule has 1 atom stereocenters. The number of hydrogen-bond acceptors (Lipinski definition) is 7. The van der Waals surface area contributed by atoms with Crippen LogP contribution in [0.1, 0.15) is 29.2 Å². The number of morpholine rings is 1. The molecule has 0 saturated carbocycles. The number of para-hydroxylation sites is 1. The van der Waals surface area contributed by atoms with Crippen molar-refractivity contribution in [3.63, 3.8) is 0 Å². The molecule has 0 aliphatic carbocycles. The van der Waals surface area contributed by atoms with E-state index in [1.54, 1.807) is 11.8 Å². The fourth-order valence-corrected chi connectivity index (χ4v) is 4.33. The molecular formula is C22H24N6O3. The van der Waals surface area contributed by atoms with Crippen molar-refractivity contribution in [3.05, 3.63) is 53.2 Å². The highest BCUT2D eigenvalue weighted by molar-refractivity contribution is 5.95. The third-order valence-corrected chi connectivity index (χ3v) is 5.81. The van der Waals surface area contributed by atoms with E-state index in [9.17, 15) is 4.79 Å². The maximum Gasteiger partial charge on any atom is 0.226 e. The van der Waals surface area contributed by atoms with Crippen LogP contribution in [0.3, 0.4) is 0 Å². The Morgan fingerprint density at radius 2 is 1.84 bits per heavy atom. The van der Waals surface area contributed by atoms with Crippen LogP contribution in [-0.4, -0.2) is 59.3 Å². The van der Waals surface area contributed by atoms with Gasteiger partial charge in [0.15, 0.2) is 11.6 Å². The number of benzene rings is 1. The van der Waals surface area contributed by atoms with E-state index in [4.69, 9.17) is 14.6 Å². The number of methoxy groups -OCH3 is 1. The topological polar surface area (TPSA) is 94.4 Å². The average molecular weight is 420 g/mol. The lowest BCUT2D eigenvalue weighted by Crippen LogP contribution is -2.36. The Bertz CT molecular complexity index is 1100. The van der Waals surface area contributed by atoms with Crippen molar-refractivity contribution < 1.29 is 14.3 Å². The number of aromatic nitrogens is 4. The van der Waals surface area contributed by atoms with Crippen LogP contribution in [0.5, 0.6) is 5.75 Å². The normalized spacial score (nSPS) is 18.5. The van der Waals surface area contributed by atoms with Crippen molar-refractivity contribution in [1.82, 2.24) is 20.0 Å². The summed E-state index contributed by atoms with van der Waals surface area (Å²) < 4.78 is 12.6. The molecular weight excluding hydrogens is 396 g/mol. The van der Waals surface area contributed by atoms with Crippen molar-refractivity contribution in [2.75, 3.05) is 43.6 Å². The van der Waals surface area contributed by atoms with Gasteiger partial charge in [0.1, 0.15) is 11.6 Å². The molecule has 5 rings (SSSR count). The van der Waals surface area contributed by atoms with E-state index in [-0.39, 0.29) is 11.8 Å². The molecule has 2 aromatic heterocycles. The van der Waals surface area contributed by atoms with Crippen molar-refractivity contribution >= 4 is 17.5 Å². The van der Waals surface area contributed by atoms with Gasteiger partial charge in [-0.15, -0.1) is 10.2 Å². The minimum Gasteiger partial charge on any atom is -0.496 e. The largest absolute Gasteiger partial charge is 0.496 e. The second-order valence-corrected chi connectivity index (χ2v) is 7.66. The van der Waals surface area contributed by atoms with Gasteiger partial charge in [0, 0.05) is 36.6 Å². The van der Waals surface area contributed by atoms with E-state index in [0.29, 0.717) is 31.3 Å². The second kappa shape index (κ2) is 7.99. The first-order valence-corrected chi connectivity index (χ1v) is 10.3. The summed E-state index contributed by atoms with van der Waals surface area (Å²) in [6.45, 7) is 4.91. The first kappa shape index (κ1) is 19.5. The molecule has 1 aromatic carbocycles. The fourth-order valence-electron chi connectivity index (χ4n) is 4.33. The smallest absolute Gasteiger partial charge is 0.226 e. The summed E-state index contributed by atoms with van der Waals surface area (Å²) in [5, 5.41) is 16.5. The summed E-state index contributed by atoms with van der Waals surface area (Å²) in [7, 11) is 1.64. The Morgan fingerprint density at radius 3 is 2.58 bits per heavy atom. The van der Waals surface area contributed by atoms with E-state index in [1.807, 2.05) is 43.3 Å². The zero-order valence-corrected chi connectivity index (χ0v) is 17.5. The molecule has 9 heteroatoms. The highest BCUT2D eigenvalue weighted by Crippen LogP contribution is 2.42. The summed E-state index contributed by atoms with van der Waals surface area (Å²) in [4.78, 5) is 14.8. The number of rotatable bonds is 4. The molecule has 1 N–H and O–H groups in total. The molecule has 1 fully saturated rings. The van der Waals surface area contributed by atoms with E-state index >= 15 is 0 Å². The monoisotopic (exact) mass is 420 g/mol. The first-order chi connectivity index (χ1) is 15.2. The van der Waals surface area contributed by atoms with Crippen LogP contribution >= 0.6 is 0 Å². The quantitative estimate of drug-likeness (QED) is 0.692. The predicted molar refractivity (Wildman–Crippen MR) is 115 cm³/mol. The fraction of sp³-hybridized carbons (Fsp3) is 0.364. The number of anilines is 2. The Hall–Kier alpha value is -3.46. The lowest BCUT2D eigenvalue weighted by atomic mass is 9.85. The molecule has 1 saturated heterocycles. The molecule has 3 aromatic rings. The summed E-state index contributed by atoms with van der Waals surface area (Å²) in [6, 6.07) is 11.6. The van der Waals surface area contributed by atoms with E-state index in [1.165, 1.54) is 0 Å². The minimum atomic E-state index is -0.144. The second-order valence-electron chi connectivity index (χ2n) is 7.66. The number of hydrogen-bond donors (Lipinski definition) is 1. The van der Waals surface area contributed by atoms with Gasteiger partial charge in [0.2, 0.25) is 5.91 Å². The number of carbonyl (C=O) groups is 1. The SMILES string of the molecule is COc1ccccc1[C@H]1CC(=O)Nc2c1c(C)nn2-c1ccc(N2CCOCC2)nn1. The molecule has 0 unspecified atom stereocenters. The van der Waals surface area contributed by atoms with E-state index in [2.05, 4.69) is 20.4 Å². The van der Waals surface area contributed by atoms with Crippen molar-refractivity contribution in [3.8, 4) is 11.6 Å². The van der Waals surface area contributed by atoms with Crippen LogP contribution in [0, 0.1) is 6.92 Å². The molecule has 2 aliphatic rings. The number of carbonyl (C=O) groups excluding carboxylic acids is 1. The molecule has 0 spiro atoms. The van der Waals surface area contributed by atoms with Gasteiger partial charge in [-0.3, -0.25) is 4.79 Å². The Morgan fingerprint density at radius 1 is 1.10 bits per heavy atom. The number of nitrogens with one attached hydrogen (secondary N) is 1. The van der Waals surface area contributed by atoms with Gasteiger partial charge in [-0.2, -0.15) is 9.78 Å². The number of aryl methyl sites for hydroxylation is 1. The molecule has 1 amide bonds. The van der Waals surface area contributed by atoms with E-state index in [0.717, 1.165) is 41.5 Å².